The highest BCUT2D eigenvalue weighted by molar-refractivity contribution is 5.97. The molecule has 0 unspecified atom stereocenters. The van der Waals surface area contributed by atoms with E-state index in [-0.39, 0.29) is 11.4 Å². The fourth-order valence-corrected chi connectivity index (χ4v) is 3.79. The standard InChI is InChI=1S/C22H36N2O2/c1-3-5-17-26-22(4-2)12-15-24(16-13-22)14-8-11-21(25)20-10-7-6-9-19(20)18-23/h6-7,9-10H,3-5,8,11-18,23H2,1-2H3. The number of nitrogens with two attached hydrogens (primary N) is 1. The minimum absolute atomic E-state index is 0.0849. The number of hydrogen-bond donors (Lipinski definition) is 1. The zero-order chi connectivity index (χ0) is 18.8. The second-order valence-corrected chi connectivity index (χ2v) is 7.47. The van der Waals surface area contributed by atoms with Gasteiger partial charge in [-0.3, -0.25) is 4.79 Å². The summed E-state index contributed by atoms with van der Waals surface area (Å²) < 4.78 is 6.24. The van der Waals surface area contributed by atoms with Crippen molar-refractivity contribution in [2.45, 2.75) is 70.9 Å². The quantitative estimate of drug-likeness (QED) is 0.475. The third kappa shape index (κ3) is 5.90. The second kappa shape index (κ2) is 10.8. The monoisotopic (exact) mass is 360 g/mol. The van der Waals surface area contributed by atoms with Crippen LogP contribution in [-0.4, -0.2) is 42.5 Å². The van der Waals surface area contributed by atoms with Crippen molar-refractivity contribution in [1.29, 1.82) is 0 Å². The van der Waals surface area contributed by atoms with Gasteiger partial charge in [-0.15, -0.1) is 0 Å². The highest BCUT2D eigenvalue weighted by atomic mass is 16.5. The number of unbranched alkanes of at least 4 members (excludes halogenated alkanes) is 1. The van der Waals surface area contributed by atoms with Crippen LogP contribution in [0.1, 0.15) is 74.7 Å². The van der Waals surface area contributed by atoms with E-state index in [0.29, 0.717) is 13.0 Å². The molecule has 0 bridgehead atoms. The summed E-state index contributed by atoms with van der Waals surface area (Å²) in [6, 6.07) is 7.70. The van der Waals surface area contributed by atoms with Crippen LogP contribution >= 0.6 is 0 Å². The third-order valence-corrected chi connectivity index (χ3v) is 5.73. The van der Waals surface area contributed by atoms with Gasteiger partial charge < -0.3 is 15.4 Å². The Kier molecular flexibility index (Phi) is 8.76. The summed E-state index contributed by atoms with van der Waals surface area (Å²) in [7, 11) is 0. The van der Waals surface area contributed by atoms with Crippen LogP contribution < -0.4 is 5.73 Å². The van der Waals surface area contributed by atoms with Crippen LogP contribution in [0.5, 0.6) is 0 Å². The summed E-state index contributed by atoms with van der Waals surface area (Å²) in [5, 5.41) is 0. The van der Waals surface area contributed by atoms with Crippen LogP contribution in [0.2, 0.25) is 0 Å². The molecular formula is C22H36N2O2. The first-order valence-corrected chi connectivity index (χ1v) is 10.3. The predicted molar refractivity (Wildman–Crippen MR) is 107 cm³/mol. The lowest BCUT2D eigenvalue weighted by Crippen LogP contribution is -2.46. The largest absolute Gasteiger partial charge is 0.375 e. The average molecular weight is 361 g/mol. The molecular weight excluding hydrogens is 324 g/mol. The van der Waals surface area contributed by atoms with Gasteiger partial charge in [-0.05, 0) is 44.2 Å². The molecule has 1 aliphatic heterocycles. The van der Waals surface area contributed by atoms with Crippen molar-refractivity contribution in [2.24, 2.45) is 5.73 Å². The van der Waals surface area contributed by atoms with E-state index < -0.39 is 0 Å². The average Bonchev–Trinajstić information content (AvgIpc) is 2.69. The molecule has 0 amide bonds. The lowest BCUT2D eigenvalue weighted by atomic mass is 9.88. The Bertz CT molecular complexity index is 551. The van der Waals surface area contributed by atoms with Crippen molar-refractivity contribution < 1.29 is 9.53 Å². The zero-order valence-electron chi connectivity index (χ0n) is 16.6. The highest BCUT2D eigenvalue weighted by Gasteiger charge is 2.33. The van der Waals surface area contributed by atoms with E-state index in [1.54, 1.807) is 0 Å². The molecule has 146 valence electrons. The van der Waals surface area contributed by atoms with E-state index >= 15 is 0 Å². The van der Waals surface area contributed by atoms with Crippen molar-refractivity contribution in [3.05, 3.63) is 35.4 Å². The fraction of sp³-hybridized carbons (Fsp3) is 0.682. The summed E-state index contributed by atoms with van der Waals surface area (Å²) in [6.45, 7) is 8.91. The number of carbonyl (C=O) groups excluding carboxylic acids is 1. The van der Waals surface area contributed by atoms with Crippen molar-refractivity contribution in [1.82, 2.24) is 4.90 Å². The maximum atomic E-state index is 12.5. The van der Waals surface area contributed by atoms with Crippen LogP contribution in [0.25, 0.3) is 0 Å². The zero-order valence-corrected chi connectivity index (χ0v) is 16.6. The van der Waals surface area contributed by atoms with Gasteiger partial charge >= 0.3 is 0 Å². The third-order valence-electron chi connectivity index (χ3n) is 5.73. The molecule has 0 radical (unpaired) electrons. The maximum Gasteiger partial charge on any atom is 0.163 e. The number of piperidine rings is 1. The number of rotatable bonds is 11. The molecule has 1 aromatic rings. The molecule has 1 aromatic carbocycles. The van der Waals surface area contributed by atoms with Gasteiger partial charge in [-0.25, -0.2) is 0 Å². The van der Waals surface area contributed by atoms with E-state index in [2.05, 4.69) is 18.7 Å². The van der Waals surface area contributed by atoms with Crippen LogP contribution in [0.3, 0.4) is 0 Å². The van der Waals surface area contributed by atoms with E-state index in [4.69, 9.17) is 10.5 Å². The van der Waals surface area contributed by atoms with E-state index in [9.17, 15) is 4.79 Å². The number of hydrogen-bond acceptors (Lipinski definition) is 4. The van der Waals surface area contributed by atoms with Gasteiger partial charge in [0.1, 0.15) is 0 Å². The Morgan fingerprint density at radius 2 is 1.92 bits per heavy atom. The summed E-state index contributed by atoms with van der Waals surface area (Å²) in [5.74, 6) is 0.217. The fourth-order valence-electron chi connectivity index (χ4n) is 3.79. The van der Waals surface area contributed by atoms with Gasteiger partial charge in [0.05, 0.1) is 5.60 Å². The topological polar surface area (TPSA) is 55.6 Å². The summed E-state index contributed by atoms with van der Waals surface area (Å²) >= 11 is 0. The maximum absolute atomic E-state index is 12.5. The number of ether oxygens (including phenoxy) is 1. The van der Waals surface area contributed by atoms with Crippen LogP contribution in [0.4, 0.5) is 0 Å². The molecule has 2 N–H and O–H groups in total. The molecule has 1 heterocycles. The van der Waals surface area contributed by atoms with Gasteiger partial charge in [-0.2, -0.15) is 0 Å². The van der Waals surface area contributed by atoms with Gasteiger partial charge in [-0.1, -0.05) is 44.5 Å². The first kappa shape index (κ1) is 21.1. The number of Topliss-reactive ketones (excluding diaryl/α,β-unsaturated/α-hetero) is 1. The summed E-state index contributed by atoms with van der Waals surface area (Å²) in [4.78, 5) is 15.0. The van der Waals surface area contributed by atoms with Crippen molar-refractivity contribution in [3.8, 4) is 0 Å². The van der Waals surface area contributed by atoms with E-state index in [1.807, 2.05) is 24.3 Å². The highest BCUT2D eigenvalue weighted by Crippen LogP contribution is 2.30. The second-order valence-electron chi connectivity index (χ2n) is 7.47. The minimum atomic E-state index is 0.0849. The van der Waals surface area contributed by atoms with Crippen LogP contribution in [0, 0.1) is 0 Å². The Hall–Kier alpha value is -1.23. The van der Waals surface area contributed by atoms with Crippen LogP contribution in [-0.2, 0) is 11.3 Å². The molecule has 0 spiro atoms. The molecule has 0 atom stereocenters. The number of likely N-dealkylation sites (tertiary alicyclic amines) is 1. The number of nitrogens with zero attached hydrogens (tertiary/aromatic N) is 1. The smallest absolute Gasteiger partial charge is 0.163 e. The minimum Gasteiger partial charge on any atom is -0.375 e. The number of carbonyl (C=O) groups is 1. The normalized spacial score (nSPS) is 17.3. The SMILES string of the molecule is CCCCOC1(CC)CCN(CCCC(=O)c2ccccc2CN)CC1. The van der Waals surface area contributed by atoms with Crippen molar-refractivity contribution >= 4 is 5.78 Å². The van der Waals surface area contributed by atoms with Crippen molar-refractivity contribution in [2.75, 3.05) is 26.2 Å². The van der Waals surface area contributed by atoms with E-state index in [0.717, 1.165) is 69.5 Å². The molecule has 1 saturated heterocycles. The van der Waals surface area contributed by atoms with Crippen LogP contribution in [0.15, 0.2) is 24.3 Å². The molecule has 0 aromatic heterocycles. The summed E-state index contributed by atoms with van der Waals surface area (Å²) in [6.07, 6.45) is 7.16. The molecule has 4 nitrogen and oxygen atoms in total. The Labute approximate surface area is 159 Å². The first-order valence-electron chi connectivity index (χ1n) is 10.3. The molecule has 26 heavy (non-hydrogen) atoms. The molecule has 1 aliphatic rings. The lowest BCUT2D eigenvalue weighted by Gasteiger charge is -2.41. The Balaban J connectivity index is 1.73. The Morgan fingerprint density at radius 1 is 1.19 bits per heavy atom. The molecule has 1 fully saturated rings. The summed E-state index contributed by atoms with van der Waals surface area (Å²) in [5.41, 5.74) is 7.57. The van der Waals surface area contributed by atoms with E-state index in [1.165, 1.54) is 6.42 Å². The van der Waals surface area contributed by atoms with Gasteiger partial charge in [0.15, 0.2) is 5.78 Å². The number of benzene rings is 1. The molecule has 0 saturated carbocycles. The Morgan fingerprint density at radius 3 is 2.58 bits per heavy atom. The van der Waals surface area contributed by atoms with Gasteiger partial charge in [0.25, 0.3) is 0 Å². The molecule has 2 rings (SSSR count). The van der Waals surface area contributed by atoms with Gasteiger partial charge in [0, 0.05) is 38.2 Å². The number of ketones is 1. The molecule has 4 heteroatoms. The predicted octanol–water partition coefficient (Wildman–Crippen LogP) is 4.17. The first-order chi connectivity index (χ1) is 12.6. The lowest BCUT2D eigenvalue weighted by molar-refractivity contribution is -0.0870. The molecule has 0 aliphatic carbocycles. The van der Waals surface area contributed by atoms with Gasteiger partial charge in [0.2, 0.25) is 0 Å². The van der Waals surface area contributed by atoms with Crippen molar-refractivity contribution in [3.63, 3.8) is 0 Å².